The molecule has 0 amide bonds. The second-order valence-corrected chi connectivity index (χ2v) is 7.96. The van der Waals surface area contributed by atoms with E-state index in [0.717, 1.165) is 24.0 Å². The summed E-state index contributed by atoms with van der Waals surface area (Å²) < 4.78 is 27.4. The van der Waals surface area contributed by atoms with Gasteiger partial charge in [-0.3, -0.25) is 0 Å². The lowest BCUT2D eigenvalue weighted by molar-refractivity contribution is 0.196. The number of anilines is 1. The first-order valence-corrected chi connectivity index (χ1v) is 8.71. The van der Waals surface area contributed by atoms with Gasteiger partial charge in [-0.15, -0.1) is 0 Å². The predicted molar refractivity (Wildman–Crippen MR) is 85.8 cm³/mol. The highest BCUT2D eigenvalue weighted by molar-refractivity contribution is 7.89. The Kier molecular flexibility index (Phi) is 4.60. The lowest BCUT2D eigenvalue weighted by atomic mass is 10.1. The standard InChI is InChI=1S/C15H25N3O2S/c1-11-9-13(16)10-12(2)15(11)21(19,20)18-7-5-14(6-8-18)17(3)4/h9-10,14H,5-8,16H2,1-4H3. The third-order valence-corrected chi connectivity index (χ3v) is 6.44. The maximum Gasteiger partial charge on any atom is 0.243 e. The molecule has 1 aliphatic rings. The van der Waals surface area contributed by atoms with Gasteiger partial charge in [-0.25, -0.2) is 8.42 Å². The van der Waals surface area contributed by atoms with Gasteiger partial charge in [-0.2, -0.15) is 4.31 Å². The monoisotopic (exact) mass is 311 g/mol. The lowest BCUT2D eigenvalue weighted by Crippen LogP contribution is -2.44. The number of piperidine rings is 1. The number of nitrogens with zero attached hydrogens (tertiary/aromatic N) is 2. The number of rotatable bonds is 3. The van der Waals surface area contributed by atoms with Crippen LogP contribution in [0.1, 0.15) is 24.0 Å². The average Bonchev–Trinajstić information content (AvgIpc) is 2.37. The fourth-order valence-corrected chi connectivity index (χ4v) is 5.00. The Morgan fingerprint density at radius 1 is 1.14 bits per heavy atom. The summed E-state index contributed by atoms with van der Waals surface area (Å²) >= 11 is 0. The number of aryl methyl sites for hydroxylation is 2. The Hall–Kier alpha value is -1.11. The van der Waals surface area contributed by atoms with Crippen LogP contribution in [0.4, 0.5) is 5.69 Å². The molecule has 5 nitrogen and oxygen atoms in total. The minimum Gasteiger partial charge on any atom is -0.399 e. The molecule has 0 aliphatic carbocycles. The molecule has 1 aromatic rings. The lowest BCUT2D eigenvalue weighted by Gasteiger charge is -2.35. The predicted octanol–water partition coefficient (Wildman–Crippen LogP) is 1.60. The summed E-state index contributed by atoms with van der Waals surface area (Å²) in [4.78, 5) is 2.59. The minimum atomic E-state index is -3.43. The van der Waals surface area contributed by atoms with Crippen molar-refractivity contribution >= 4 is 15.7 Å². The zero-order chi connectivity index (χ0) is 15.8. The molecule has 0 spiro atoms. The maximum absolute atomic E-state index is 12.9. The van der Waals surface area contributed by atoms with E-state index in [1.54, 1.807) is 16.4 Å². The molecule has 0 bridgehead atoms. The van der Waals surface area contributed by atoms with Gasteiger partial charge in [0.25, 0.3) is 0 Å². The van der Waals surface area contributed by atoms with Crippen LogP contribution in [0.15, 0.2) is 17.0 Å². The van der Waals surface area contributed by atoms with Gasteiger partial charge >= 0.3 is 0 Å². The van der Waals surface area contributed by atoms with Crippen molar-refractivity contribution in [2.45, 2.75) is 37.6 Å². The van der Waals surface area contributed by atoms with Crippen LogP contribution < -0.4 is 5.73 Å². The van der Waals surface area contributed by atoms with E-state index in [9.17, 15) is 8.42 Å². The zero-order valence-electron chi connectivity index (χ0n) is 13.3. The van der Waals surface area contributed by atoms with Gasteiger partial charge in [0.05, 0.1) is 4.90 Å². The Labute approximate surface area is 127 Å². The van der Waals surface area contributed by atoms with E-state index in [-0.39, 0.29) is 0 Å². The van der Waals surface area contributed by atoms with E-state index in [1.807, 2.05) is 27.9 Å². The Morgan fingerprint density at radius 3 is 2.05 bits per heavy atom. The molecule has 21 heavy (non-hydrogen) atoms. The molecule has 0 unspecified atom stereocenters. The van der Waals surface area contributed by atoms with E-state index in [0.29, 0.717) is 29.7 Å². The molecule has 0 saturated carbocycles. The molecular formula is C15H25N3O2S. The molecule has 6 heteroatoms. The van der Waals surface area contributed by atoms with Gasteiger partial charge in [0.1, 0.15) is 0 Å². The molecule has 0 aromatic heterocycles. The largest absolute Gasteiger partial charge is 0.399 e. The van der Waals surface area contributed by atoms with Gasteiger partial charge in [0.2, 0.25) is 10.0 Å². The van der Waals surface area contributed by atoms with E-state index in [4.69, 9.17) is 5.73 Å². The topological polar surface area (TPSA) is 66.6 Å². The number of hydrogen-bond donors (Lipinski definition) is 1. The average molecular weight is 311 g/mol. The van der Waals surface area contributed by atoms with Crippen molar-refractivity contribution in [3.05, 3.63) is 23.3 Å². The summed E-state index contributed by atoms with van der Waals surface area (Å²) in [5.41, 5.74) is 7.84. The van der Waals surface area contributed by atoms with Crippen molar-refractivity contribution in [3.63, 3.8) is 0 Å². The van der Waals surface area contributed by atoms with Crippen molar-refractivity contribution in [1.29, 1.82) is 0 Å². The molecule has 0 atom stereocenters. The van der Waals surface area contributed by atoms with E-state index < -0.39 is 10.0 Å². The van der Waals surface area contributed by atoms with Gasteiger partial charge in [-0.1, -0.05) is 0 Å². The summed E-state index contributed by atoms with van der Waals surface area (Å²) in [6.45, 7) is 4.77. The van der Waals surface area contributed by atoms with Crippen molar-refractivity contribution in [2.24, 2.45) is 0 Å². The molecule has 1 aliphatic heterocycles. The van der Waals surface area contributed by atoms with Gasteiger partial charge in [0, 0.05) is 24.8 Å². The van der Waals surface area contributed by atoms with Crippen molar-refractivity contribution in [3.8, 4) is 0 Å². The quantitative estimate of drug-likeness (QED) is 0.861. The maximum atomic E-state index is 12.9. The third kappa shape index (κ3) is 3.22. The highest BCUT2D eigenvalue weighted by Gasteiger charge is 2.32. The summed E-state index contributed by atoms with van der Waals surface area (Å²) in [7, 11) is 0.659. The molecular weight excluding hydrogens is 286 g/mol. The zero-order valence-corrected chi connectivity index (χ0v) is 14.1. The molecule has 2 N–H and O–H groups in total. The molecule has 1 fully saturated rings. The molecule has 1 heterocycles. The Bertz CT molecular complexity index is 595. The summed E-state index contributed by atoms with van der Waals surface area (Å²) in [6.07, 6.45) is 1.75. The van der Waals surface area contributed by atoms with Crippen molar-refractivity contribution in [1.82, 2.24) is 9.21 Å². The normalized spacial score (nSPS) is 18.3. The third-order valence-electron chi connectivity index (χ3n) is 4.23. The van der Waals surface area contributed by atoms with E-state index >= 15 is 0 Å². The second kappa shape index (κ2) is 5.94. The summed E-state index contributed by atoms with van der Waals surface area (Å²) in [6, 6.07) is 3.92. The first kappa shape index (κ1) is 16.3. The van der Waals surface area contributed by atoms with E-state index in [1.165, 1.54) is 0 Å². The fraction of sp³-hybridized carbons (Fsp3) is 0.600. The van der Waals surface area contributed by atoms with Crippen LogP contribution in [0.25, 0.3) is 0 Å². The molecule has 1 saturated heterocycles. The highest BCUT2D eigenvalue weighted by atomic mass is 32.2. The first-order chi connectivity index (χ1) is 9.73. The Morgan fingerprint density at radius 2 is 1.62 bits per heavy atom. The van der Waals surface area contributed by atoms with Crippen LogP contribution in [-0.4, -0.2) is 50.8 Å². The van der Waals surface area contributed by atoms with Crippen molar-refractivity contribution < 1.29 is 8.42 Å². The van der Waals surface area contributed by atoms with Crippen LogP contribution in [0.3, 0.4) is 0 Å². The molecule has 118 valence electrons. The number of sulfonamides is 1. The summed E-state index contributed by atoms with van der Waals surface area (Å²) in [5, 5.41) is 0. The summed E-state index contributed by atoms with van der Waals surface area (Å²) in [5.74, 6) is 0. The molecule has 0 radical (unpaired) electrons. The number of hydrogen-bond acceptors (Lipinski definition) is 4. The minimum absolute atomic E-state index is 0.417. The fourth-order valence-electron chi connectivity index (χ4n) is 3.12. The highest BCUT2D eigenvalue weighted by Crippen LogP contribution is 2.28. The van der Waals surface area contributed by atoms with Crippen LogP contribution in [-0.2, 0) is 10.0 Å². The van der Waals surface area contributed by atoms with Crippen LogP contribution in [0.5, 0.6) is 0 Å². The number of nitrogen functional groups attached to an aromatic ring is 1. The second-order valence-electron chi connectivity index (χ2n) is 6.08. The van der Waals surface area contributed by atoms with Crippen LogP contribution >= 0.6 is 0 Å². The Balaban J connectivity index is 2.28. The van der Waals surface area contributed by atoms with Crippen molar-refractivity contribution in [2.75, 3.05) is 32.9 Å². The van der Waals surface area contributed by atoms with Gasteiger partial charge in [-0.05, 0) is 64.0 Å². The van der Waals surface area contributed by atoms with E-state index in [2.05, 4.69) is 4.90 Å². The van der Waals surface area contributed by atoms with Crippen LogP contribution in [0.2, 0.25) is 0 Å². The van der Waals surface area contributed by atoms with Gasteiger partial charge < -0.3 is 10.6 Å². The molecule has 1 aromatic carbocycles. The smallest absolute Gasteiger partial charge is 0.243 e. The first-order valence-electron chi connectivity index (χ1n) is 7.26. The molecule has 2 rings (SSSR count). The van der Waals surface area contributed by atoms with Gasteiger partial charge in [0.15, 0.2) is 0 Å². The SMILES string of the molecule is Cc1cc(N)cc(C)c1S(=O)(=O)N1CCC(N(C)C)CC1. The van der Waals surface area contributed by atoms with Crippen LogP contribution in [0, 0.1) is 13.8 Å². The number of benzene rings is 1. The number of nitrogens with two attached hydrogens (primary N) is 1.